The summed E-state index contributed by atoms with van der Waals surface area (Å²) in [7, 11) is 0. The van der Waals surface area contributed by atoms with Gasteiger partial charge in [0.1, 0.15) is 5.82 Å². The second-order valence-electron chi connectivity index (χ2n) is 4.07. The van der Waals surface area contributed by atoms with Crippen LogP contribution in [0.2, 0.25) is 0 Å². The number of nitrogens with zero attached hydrogens (tertiary/aromatic N) is 1. The molecule has 2 N–H and O–H groups in total. The van der Waals surface area contributed by atoms with Crippen LogP contribution < -0.4 is 5.43 Å². The van der Waals surface area contributed by atoms with Crippen LogP contribution in [0.3, 0.4) is 0 Å². The van der Waals surface area contributed by atoms with E-state index in [4.69, 9.17) is 0 Å². The number of aliphatic hydroxyl groups excluding tert-OH is 1. The van der Waals surface area contributed by atoms with Crippen molar-refractivity contribution in [3.05, 3.63) is 35.6 Å². The van der Waals surface area contributed by atoms with Crippen LogP contribution in [-0.4, -0.2) is 16.7 Å². The molecule has 1 aromatic rings. The molecule has 1 heterocycles. The van der Waals surface area contributed by atoms with Gasteiger partial charge in [0.05, 0.1) is 6.10 Å². The van der Waals surface area contributed by atoms with Gasteiger partial charge in [-0.05, 0) is 13.0 Å². The summed E-state index contributed by atoms with van der Waals surface area (Å²) in [5.74, 6) is -1.21. The topological polar surface area (TPSA) is 61.7 Å². The number of hydrogen-bond acceptors (Lipinski definition) is 3. The molecule has 17 heavy (non-hydrogen) atoms. The second kappa shape index (κ2) is 4.63. The Morgan fingerprint density at radius 2 is 2.24 bits per heavy atom. The number of carbonyl (C=O) groups excluding carboxylic acids is 1. The van der Waals surface area contributed by atoms with Crippen LogP contribution in [0.1, 0.15) is 25.0 Å². The van der Waals surface area contributed by atoms with Crippen molar-refractivity contribution in [3.8, 4) is 0 Å². The Morgan fingerprint density at radius 1 is 1.53 bits per heavy atom. The van der Waals surface area contributed by atoms with Crippen molar-refractivity contribution in [2.24, 2.45) is 11.0 Å². The van der Waals surface area contributed by atoms with Gasteiger partial charge >= 0.3 is 0 Å². The van der Waals surface area contributed by atoms with Crippen LogP contribution in [0.5, 0.6) is 0 Å². The molecule has 5 heteroatoms. The highest BCUT2D eigenvalue weighted by atomic mass is 19.1. The third kappa shape index (κ3) is 2.34. The van der Waals surface area contributed by atoms with E-state index in [1.54, 1.807) is 19.1 Å². The van der Waals surface area contributed by atoms with E-state index < -0.39 is 17.8 Å². The Morgan fingerprint density at radius 3 is 2.94 bits per heavy atom. The monoisotopic (exact) mass is 236 g/mol. The summed E-state index contributed by atoms with van der Waals surface area (Å²) in [6, 6.07) is 6.00. The van der Waals surface area contributed by atoms with Crippen LogP contribution in [0, 0.1) is 11.7 Å². The minimum Gasteiger partial charge on any atom is -0.388 e. The quantitative estimate of drug-likeness (QED) is 0.814. The van der Waals surface area contributed by atoms with E-state index in [0.29, 0.717) is 5.71 Å². The number of aliphatic hydroxyl groups is 1. The third-order valence-electron chi connectivity index (χ3n) is 2.90. The fourth-order valence-corrected chi connectivity index (χ4v) is 1.90. The van der Waals surface area contributed by atoms with E-state index in [9.17, 15) is 14.3 Å². The lowest BCUT2D eigenvalue weighted by Gasteiger charge is -2.25. The predicted molar refractivity (Wildman–Crippen MR) is 60.7 cm³/mol. The molecule has 1 aromatic carbocycles. The van der Waals surface area contributed by atoms with Crippen molar-refractivity contribution in [1.82, 2.24) is 5.43 Å². The van der Waals surface area contributed by atoms with Gasteiger partial charge in [-0.1, -0.05) is 18.2 Å². The summed E-state index contributed by atoms with van der Waals surface area (Å²) in [4.78, 5) is 11.2. The minimum atomic E-state index is -1.05. The highest BCUT2D eigenvalue weighted by Crippen LogP contribution is 2.29. The molecule has 0 fully saturated rings. The molecule has 1 aliphatic rings. The third-order valence-corrected chi connectivity index (χ3v) is 2.90. The zero-order chi connectivity index (χ0) is 12.4. The molecule has 4 nitrogen and oxygen atoms in total. The summed E-state index contributed by atoms with van der Waals surface area (Å²) in [6.45, 7) is 1.70. The van der Waals surface area contributed by atoms with Crippen molar-refractivity contribution in [2.75, 3.05) is 0 Å². The Hall–Kier alpha value is -1.75. The van der Waals surface area contributed by atoms with E-state index >= 15 is 0 Å². The van der Waals surface area contributed by atoms with E-state index in [1.165, 1.54) is 12.1 Å². The average molecular weight is 236 g/mol. The second-order valence-corrected chi connectivity index (χ2v) is 4.07. The van der Waals surface area contributed by atoms with Crippen molar-refractivity contribution in [3.63, 3.8) is 0 Å². The summed E-state index contributed by atoms with van der Waals surface area (Å²) >= 11 is 0. The largest absolute Gasteiger partial charge is 0.388 e. The van der Waals surface area contributed by atoms with Gasteiger partial charge in [0.2, 0.25) is 5.91 Å². The van der Waals surface area contributed by atoms with Gasteiger partial charge in [-0.15, -0.1) is 0 Å². The standard InChI is InChI=1S/C12H13FN2O2/c1-7-9(6-11(16)15-14-7)12(17)8-4-2-3-5-10(8)13/h2-5,9,12,17H,6H2,1H3,(H,15,16)/t9-,12-/m1/s1. The molecule has 0 saturated carbocycles. The molecule has 0 unspecified atom stereocenters. The van der Waals surface area contributed by atoms with Crippen molar-refractivity contribution < 1.29 is 14.3 Å². The first-order chi connectivity index (χ1) is 8.09. The molecule has 0 spiro atoms. The number of hydrazone groups is 1. The highest BCUT2D eigenvalue weighted by Gasteiger charge is 2.30. The number of nitrogens with one attached hydrogen (secondary N) is 1. The number of benzene rings is 1. The molecule has 0 saturated heterocycles. The van der Waals surface area contributed by atoms with Gasteiger partial charge in [-0.2, -0.15) is 5.10 Å². The molecule has 0 radical (unpaired) electrons. The summed E-state index contributed by atoms with van der Waals surface area (Å²) in [5, 5.41) is 13.9. The van der Waals surface area contributed by atoms with Crippen LogP contribution in [0.4, 0.5) is 4.39 Å². The van der Waals surface area contributed by atoms with Gasteiger partial charge in [-0.25, -0.2) is 9.82 Å². The smallest absolute Gasteiger partial charge is 0.240 e. The number of amides is 1. The van der Waals surface area contributed by atoms with Crippen molar-refractivity contribution in [2.45, 2.75) is 19.4 Å². The Bertz CT molecular complexity index is 473. The molecular formula is C12H13FN2O2. The molecule has 0 aliphatic carbocycles. The molecule has 2 rings (SSSR count). The lowest BCUT2D eigenvalue weighted by molar-refractivity contribution is -0.122. The van der Waals surface area contributed by atoms with Crippen LogP contribution >= 0.6 is 0 Å². The number of carbonyl (C=O) groups is 1. The molecule has 0 bridgehead atoms. The Labute approximate surface area is 98.2 Å². The molecule has 2 atom stereocenters. The summed E-state index contributed by atoms with van der Waals surface area (Å²) < 4.78 is 13.5. The maximum atomic E-state index is 13.5. The van der Waals surface area contributed by atoms with Crippen LogP contribution in [0.15, 0.2) is 29.4 Å². The lowest BCUT2D eigenvalue weighted by atomic mass is 9.88. The fraction of sp³-hybridized carbons (Fsp3) is 0.333. The SMILES string of the molecule is CC1=NNC(=O)C[C@H]1[C@H](O)c1ccccc1F. The number of halogens is 1. The van der Waals surface area contributed by atoms with Gasteiger partial charge in [-0.3, -0.25) is 4.79 Å². The van der Waals surface area contributed by atoms with Gasteiger partial charge < -0.3 is 5.11 Å². The zero-order valence-corrected chi connectivity index (χ0v) is 9.35. The van der Waals surface area contributed by atoms with Crippen LogP contribution in [0.25, 0.3) is 0 Å². The lowest BCUT2D eigenvalue weighted by Crippen LogP contribution is -2.35. The summed E-state index contributed by atoms with van der Waals surface area (Å²) in [5.41, 5.74) is 3.12. The van der Waals surface area contributed by atoms with Gasteiger partial charge in [0.25, 0.3) is 0 Å². The van der Waals surface area contributed by atoms with Crippen molar-refractivity contribution >= 4 is 11.6 Å². The number of hydrogen-bond donors (Lipinski definition) is 2. The van der Waals surface area contributed by atoms with Gasteiger partial charge in [0.15, 0.2) is 0 Å². The Kier molecular flexibility index (Phi) is 3.19. The molecule has 90 valence electrons. The van der Waals surface area contributed by atoms with Gasteiger partial charge in [0, 0.05) is 23.6 Å². The first kappa shape index (κ1) is 11.7. The minimum absolute atomic E-state index is 0.116. The van der Waals surface area contributed by atoms with Crippen LogP contribution in [-0.2, 0) is 4.79 Å². The first-order valence-electron chi connectivity index (χ1n) is 5.35. The average Bonchev–Trinajstić information content (AvgIpc) is 2.32. The molecule has 0 aromatic heterocycles. The highest BCUT2D eigenvalue weighted by molar-refractivity contribution is 5.93. The predicted octanol–water partition coefficient (Wildman–Crippen LogP) is 1.37. The maximum Gasteiger partial charge on any atom is 0.240 e. The van der Waals surface area contributed by atoms with E-state index in [0.717, 1.165) is 0 Å². The molecule has 1 amide bonds. The number of rotatable bonds is 2. The zero-order valence-electron chi connectivity index (χ0n) is 9.35. The Balaban J connectivity index is 2.29. The van der Waals surface area contributed by atoms with Crippen molar-refractivity contribution in [1.29, 1.82) is 0 Å². The van der Waals surface area contributed by atoms with E-state index in [2.05, 4.69) is 10.5 Å². The first-order valence-corrected chi connectivity index (χ1v) is 5.35. The van der Waals surface area contributed by atoms with E-state index in [1.807, 2.05) is 0 Å². The summed E-state index contributed by atoms with van der Waals surface area (Å²) in [6.07, 6.45) is -0.934. The van der Waals surface area contributed by atoms with E-state index in [-0.39, 0.29) is 17.9 Å². The maximum absolute atomic E-state index is 13.5. The molecule has 1 aliphatic heterocycles. The fourth-order valence-electron chi connectivity index (χ4n) is 1.90. The normalized spacial score (nSPS) is 21.7. The molecular weight excluding hydrogens is 223 g/mol.